The van der Waals surface area contributed by atoms with Crippen LogP contribution in [0.1, 0.15) is 29.0 Å². The van der Waals surface area contributed by atoms with E-state index < -0.39 is 0 Å². The highest BCUT2D eigenvalue weighted by Gasteiger charge is 2.27. The van der Waals surface area contributed by atoms with Gasteiger partial charge < -0.3 is 14.6 Å². The molecule has 0 aliphatic carbocycles. The topological polar surface area (TPSA) is 75.4 Å². The van der Waals surface area contributed by atoms with E-state index in [9.17, 15) is 9.59 Å². The number of carbonyl (C=O) groups is 2. The number of halogens is 1. The normalized spacial score (nSPS) is 17.1. The van der Waals surface area contributed by atoms with E-state index in [2.05, 4.69) is 10.3 Å². The molecule has 0 bridgehead atoms. The summed E-state index contributed by atoms with van der Waals surface area (Å²) in [6.45, 7) is 0.831. The van der Waals surface area contributed by atoms with Crippen molar-refractivity contribution in [2.45, 2.75) is 25.4 Å². The molecule has 0 aromatic carbocycles. The first-order valence-electron chi connectivity index (χ1n) is 7.34. The first-order chi connectivity index (χ1) is 11.1. The predicted molar refractivity (Wildman–Crippen MR) is 83.9 cm³/mol. The van der Waals surface area contributed by atoms with E-state index in [0.29, 0.717) is 19.5 Å². The number of hydrogen-bond donors (Lipinski definition) is 1. The number of carbonyl (C=O) groups excluding carboxylic acids is 2. The van der Waals surface area contributed by atoms with Gasteiger partial charge in [-0.1, -0.05) is 0 Å². The molecule has 0 spiro atoms. The monoisotopic (exact) mass is 333 g/mol. The van der Waals surface area contributed by atoms with Gasteiger partial charge in [0.25, 0.3) is 5.91 Å². The molecule has 3 heterocycles. The lowest BCUT2D eigenvalue weighted by molar-refractivity contribution is -0.119. The molecule has 2 aromatic rings. The molecule has 1 N–H and O–H groups in total. The maximum Gasteiger partial charge on any atom is 0.290 e. The number of aromatic nitrogens is 1. The van der Waals surface area contributed by atoms with Crippen LogP contribution in [0.4, 0.5) is 0 Å². The molecule has 1 aliphatic heterocycles. The van der Waals surface area contributed by atoms with Crippen LogP contribution in [0, 0.1) is 0 Å². The van der Waals surface area contributed by atoms with Crippen molar-refractivity contribution in [2.75, 3.05) is 6.54 Å². The van der Waals surface area contributed by atoms with E-state index in [4.69, 9.17) is 16.0 Å². The summed E-state index contributed by atoms with van der Waals surface area (Å²) in [5.74, 6) is -0.0457. The second-order valence-corrected chi connectivity index (χ2v) is 5.82. The smallest absolute Gasteiger partial charge is 0.290 e. The second-order valence-electron chi connectivity index (χ2n) is 5.45. The van der Waals surface area contributed by atoms with E-state index in [1.54, 1.807) is 23.4 Å². The fourth-order valence-electron chi connectivity index (χ4n) is 2.59. The molecule has 2 amide bonds. The molecule has 120 valence electrons. The van der Waals surface area contributed by atoms with Crippen LogP contribution in [0.5, 0.6) is 0 Å². The summed E-state index contributed by atoms with van der Waals surface area (Å²) in [6, 6.07) is 6.75. The number of nitrogens with one attached hydrogen (secondary N) is 1. The van der Waals surface area contributed by atoms with Gasteiger partial charge in [0.2, 0.25) is 5.91 Å². The third kappa shape index (κ3) is 3.90. The number of amides is 2. The first-order valence-corrected chi connectivity index (χ1v) is 7.72. The molecule has 1 saturated heterocycles. The Morgan fingerprint density at radius 2 is 2.13 bits per heavy atom. The van der Waals surface area contributed by atoms with Crippen LogP contribution in [-0.2, 0) is 11.3 Å². The van der Waals surface area contributed by atoms with Gasteiger partial charge in [-0.3, -0.25) is 14.6 Å². The maximum atomic E-state index is 12.7. The summed E-state index contributed by atoms with van der Waals surface area (Å²) in [7, 11) is 0. The average Bonchev–Trinajstić information content (AvgIpc) is 3.15. The maximum absolute atomic E-state index is 12.7. The first kappa shape index (κ1) is 15.6. The quantitative estimate of drug-likeness (QED) is 0.910. The van der Waals surface area contributed by atoms with Crippen molar-refractivity contribution in [1.29, 1.82) is 0 Å². The lowest BCUT2D eigenvalue weighted by Crippen LogP contribution is -2.41. The van der Waals surface area contributed by atoms with Gasteiger partial charge in [0.15, 0.2) is 11.0 Å². The number of rotatable bonds is 5. The van der Waals surface area contributed by atoms with Crippen LogP contribution >= 0.6 is 11.6 Å². The van der Waals surface area contributed by atoms with Gasteiger partial charge in [0, 0.05) is 37.9 Å². The van der Waals surface area contributed by atoms with Gasteiger partial charge >= 0.3 is 0 Å². The molecular formula is C16H16ClN3O3. The van der Waals surface area contributed by atoms with E-state index in [-0.39, 0.29) is 28.8 Å². The Hall–Kier alpha value is -2.34. The fourth-order valence-corrected chi connectivity index (χ4v) is 2.74. The minimum Gasteiger partial charge on any atom is -0.440 e. The fraction of sp³-hybridized carbons (Fsp3) is 0.312. The summed E-state index contributed by atoms with van der Waals surface area (Å²) in [4.78, 5) is 29.7. The molecule has 2 aromatic heterocycles. The van der Waals surface area contributed by atoms with Crippen molar-refractivity contribution in [1.82, 2.24) is 15.2 Å². The van der Waals surface area contributed by atoms with Gasteiger partial charge in [-0.15, -0.1) is 0 Å². The van der Waals surface area contributed by atoms with Gasteiger partial charge in [-0.25, -0.2) is 0 Å². The highest BCUT2D eigenvalue weighted by Crippen LogP contribution is 2.18. The SMILES string of the molecule is O=C1CCC(CN(Cc2ccncc2)C(=O)c2ccc(Cl)o2)N1. The van der Waals surface area contributed by atoms with Gasteiger partial charge in [0.1, 0.15) is 0 Å². The minimum absolute atomic E-state index is 0.0207. The van der Waals surface area contributed by atoms with Crippen molar-refractivity contribution in [3.8, 4) is 0 Å². The Kier molecular flexibility index (Phi) is 4.62. The van der Waals surface area contributed by atoms with Crippen LogP contribution in [0.2, 0.25) is 5.22 Å². The standard InChI is InChI=1S/C16H16ClN3O3/c17-14-3-2-13(23-14)16(22)20(9-11-5-7-18-8-6-11)10-12-1-4-15(21)19-12/h2-3,5-8,12H,1,4,9-10H2,(H,19,21). The molecule has 6 nitrogen and oxygen atoms in total. The molecule has 3 rings (SSSR count). The predicted octanol–water partition coefficient (Wildman–Crippen LogP) is 2.25. The van der Waals surface area contributed by atoms with Crippen molar-refractivity contribution in [3.05, 3.63) is 53.2 Å². The Labute approximate surface area is 138 Å². The van der Waals surface area contributed by atoms with Gasteiger partial charge in [-0.2, -0.15) is 0 Å². The number of nitrogens with zero attached hydrogens (tertiary/aromatic N) is 2. The zero-order chi connectivity index (χ0) is 16.2. The van der Waals surface area contributed by atoms with E-state index >= 15 is 0 Å². The average molecular weight is 334 g/mol. The van der Waals surface area contributed by atoms with Crippen LogP contribution in [-0.4, -0.2) is 34.3 Å². The third-order valence-electron chi connectivity index (χ3n) is 3.72. The van der Waals surface area contributed by atoms with Crippen LogP contribution in [0.15, 0.2) is 41.1 Å². The van der Waals surface area contributed by atoms with Crippen LogP contribution < -0.4 is 5.32 Å². The zero-order valence-corrected chi connectivity index (χ0v) is 13.1. The molecule has 23 heavy (non-hydrogen) atoms. The van der Waals surface area contributed by atoms with E-state index in [1.807, 2.05) is 12.1 Å². The second kappa shape index (κ2) is 6.83. The molecule has 1 fully saturated rings. The summed E-state index contributed by atoms with van der Waals surface area (Å²) >= 11 is 5.76. The molecule has 1 unspecified atom stereocenters. The largest absolute Gasteiger partial charge is 0.440 e. The zero-order valence-electron chi connectivity index (χ0n) is 12.4. The highest BCUT2D eigenvalue weighted by atomic mass is 35.5. The lowest BCUT2D eigenvalue weighted by atomic mass is 10.2. The van der Waals surface area contributed by atoms with Crippen LogP contribution in [0.3, 0.4) is 0 Å². The molecule has 1 aliphatic rings. The van der Waals surface area contributed by atoms with Crippen molar-refractivity contribution in [2.24, 2.45) is 0 Å². The Balaban J connectivity index is 1.77. The van der Waals surface area contributed by atoms with Gasteiger partial charge in [-0.05, 0) is 47.9 Å². The van der Waals surface area contributed by atoms with Crippen molar-refractivity contribution >= 4 is 23.4 Å². The Bertz CT molecular complexity index is 702. The van der Waals surface area contributed by atoms with Crippen LogP contribution in [0.25, 0.3) is 0 Å². The molecule has 0 saturated carbocycles. The highest BCUT2D eigenvalue weighted by molar-refractivity contribution is 6.29. The van der Waals surface area contributed by atoms with E-state index in [0.717, 1.165) is 12.0 Å². The molecule has 7 heteroatoms. The van der Waals surface area contributed by atoms with Crippen molar-refractivity contribution in [3.63, 3.8) is 0 Å². The summed E-state index contributed by atoms with van der Waals surface area (Å²) in [6.07, 6.45) is 4.57. The van der Waals surface area contributed by atoms with Gasteiger partial charge in [0.05, 0.1) is 0 Å². The summed E-state index contributed by atoms with van der Waals surface area (Å²) < 4.78 is 5.22. The molecular weight excluding hydrogens is 318 g/mol. The summed E-state index contributed by atoms with van der Waals surface area (Å²) in [5, 5.41) is 3.05. The molecule has 1 atom stereocenters. The minimum atomic E-state index is -0.255. The molecule has 0 radical (unpaired) electrons. The Morgan fingerprint density at radius 1 is 1.35 bits per heavy atom. The lowest BCUT2D eigenvalue weighted by Gasteiger charge is -2.25. The van der Waals surface area contributed by atoms with E-state index in [1.165, 1.54) is 6.07 Å². The van der Waals surface area contributed by atoms with Crippen molar-refractivity contribution < 1.29 is 14.0 Å². The number of hydrogen-bond acceptors (Lipinski definition) is 4. The summed E-state index contributed by atoms with van der Waals surface area (Å²) in [5.41, 5.74) is 0.954. The number of furan rings is 1. The Morgan fingerprint density at radius 3 is 2.74 bits per heavy atom. The third-order valence-corrected chi connectivity index (χ3v) is 3.92. The number of pyridine rings is 1.